The Hall–Kier alpha value is -1.44. The topological polar surface area (TPSA) is 75.7 Å². The number of nitrogens with zero attached hydrogens (tertiary/aromatic N) is 1. The fourth-order valence-electron chi connectivity index (χ4n) is 2.39. The Kier molecular flexibility index (Phi) is 5.93. The average molecular weight is 326 g/mol. The maximum Gasteiger partial charge on any atom is 0.240 e. The summed E-state index contributed by atoms with van der Waals surface area (Å²) in [5, 5.41) is 0. The van der Waals surface area contributed by atoms with Gasteiger partial charge in [0.1, 0.15) is 0 Å². The zero-order valence-electron chi connectivity index (χ0n) is 12.7. The van der Waals surface area contributed by atoms with Gasteiger partial charge < -0.3 is 9.64 Å². The smallest absolute Gasteiger partial charge is 0.240 e. The lowest BCUT2D eigenvalue weighted by molar-refractivity contribution is -0.117. The molecule has 0 aromatic heterocycles. The van der Waals surface area contributed by atoms with Gasteiger partial charge in [-0.1, -0.05) is 0 Å². The fraction of sp³-hybridized carbons (Fsp3) is 0.533. The number of hydrogen-bond acceptors (Lipinski definition) is 4. The van der Waals surface area contributed by atoms with E-state index in [1.807, 2.05) is 0 Å². The molecular weight excluding hydrogens is 304 g/mol. The molecule has 1 aliphatic heterocycles. The number of amides is 1. The molecule has 1 amide bonds. The maximum atomic E-state index is 12.1. The molecule has 0 unspecified atom stereocenters. The molecule has 1 aromatic carbocycles. The molecule has 1 heterocycles. The van der Waals surface area contributed by atoms with Gasteiger partial charge in [0.15, 0.2) is 0 Å². The van der Waals surface area contributed by atoms with E-state index in [9.17, 15) is 13.2 Å². The number of carbonyl (C=O) groups excluding carboxylic acids is 1. The van der Waals surface area contributed by atoms with Gasteiger partial charge in [0.05, 0.1) is 4.90 Å². The van der Waals surface area contributed by atoms with Crippen molar-refractivity contribution in [3.8, 4) is 0 Å². The molecule has 6 nitrogen and oxygen atoms in total. The number of benzene rings is 1. The van der Waals surface area contributed by atoms with Gasteiger partial charge in [0, 0.05) is 38.9 Å². The first-order chi connectivity index (χ1) is 10.5. The predicted molar refractivity (Wildman–Crippen MR) is 84.3 cm³/mol. The summed E-state index contributed by atoms with van der Waals surface area (Å²) in [5.74, 6) is 0.0897. The summed E-state index contributed by atoms with van der Waals surface area (Å²) in [6.45, 7) is 1.71. The van der Waals surface area contributed by atoms with Crippen LogP contribution >= 0.6 is 0 Å². The average Bonchev–Trinajstić information content (AvgIpc) is 2.93. The lowest BCUT2D eigenvalue weighted by Gasteiger charge is -2.16. The van der Waals surface area contributed by atoms with Crippen LogP contribution in [0.3, 0.4) is 0 Å². The summed E-state index contributed by atoms with van der Waals surface area (Å²) in [6, 6.07) is 6.45. The largest absolute Gasteiger partial charge is 0.385 e. The van der Waals surface area contributed by atoms with Gasteiger partial charge in [-0.2, -0.15) is 0 Å². The van der Waals surface area contributed by atoms with Crippen molar-refractivity contribution < 1.29 is 17.9 Å². The highest BCUT2D eigenvalue weighted by Crippen LogP contribution is 2.22. The quantitative estimate of drug-likeness (QED) is 0.735. The van der Waals surface area contributed by atoms with E-state index < -0.39 is 10.0 Å². The maximum absolute atomic E-state index is 12.1. The van der Waals surface area contributed by atoms with Crippen molar-refractivity contribution in [2.75, 3.05) is 31.7 Å². The van der Waals surface area contributed by atoms with Gasteiger partial charge in [0.25, 0.3) is 0 Å². The van der Waals surface area contributed by atoms with E-state index in [-0.39, 0.29) is 10.8 Å². The van der Waals surface area contributed by atoms with Crippen LogP contribution in [0, 0.1) is 0 Å². The highest BCUT2D eigenvalue weighted by Gasteiger charge is 2.22. The number of nitrogens with one attached hydrogen (secondary N) is 1. The van der Waals surface area contributed by atoms with Gasteiger partial charge in [-0.15, -0.1) is 0 Å². The van der Waals surface area contributed by atoms with E-state index in [2.05, 4.69) is 4.72 Å². The van der Waals surface area contributed by atoms with Crippen LogP contribution in [0.5, 0.6) is 0 Å². The molecule has 122 valence electrons. The van der Waals surface area contributed by atoms with Gasteiger partial charge in [-0.25, -0.2) is 13.1 Å². The molecule has 22 heavy (non-hydrogen) atoms. The summed E-state index contributed by atoms with van der Waals surface area (Å²) in [5.41, 5.74) is 0.751. The zero-order chi connectivity index (χ0) is 16.0. The van der Waals surface area contributed by atoms with Crippen molar-refractivity contribution in [3.63, 3.8) is 0 Å². The molecule has 0 aliphatic carbocycles. The van der Waals surface area contributed by atoms with Crippen LogP contribution in [0.2, 0.25) is 0 Å². The second kappa shape index (κ2) is 7.71. The Morgan fingerprint density at radius 3 is 2.55 bits per heavy atom. The van der Waals surface area contributed by atoms with Crippen molar-refractivity contribution >= 4 is 21.6 Å². The van der Waals surface area contributed by atoms with E-state index >= 15 is 0 Å². The number of unbranched alkanes of at least 4 members (excludes halogenated alkanes) is 1. The molecule has 1 fully saturated rings. The second-order valence-electron chi connectivity index (χ2n) is 5.24. The lowest BCUT2D eigenvalue weighted by Crippen LogP contribution is -2.26. The minimum atomic E-state index is -3.50. The number of carbonyl (C=O) groups is 1. The normalized spacial score (nSPS) is 15.5. The molecule has 2 rings (SSSR count). The Labute approximate surface area is 131 Å². The van der Waals surface area contributed by atoms with Crippen molar-refractivity contribution in [1.82, 2.24) is 4.72 Å². The van der Waals surface area contributed by atoms with Gasteiger partial charge in [-0.3, -0.25) is 4.79 Å². The molecule has 1 saturated heterocycles. The number of anilines is 1. The van der Waals surface area contributed by atoms with Gasteiger partial charge >= 0.3 is 0 Å². The number of rotatable bonds is 8. The first-order valence-electron chi connectivity index (χ1n) is 7.43. The molecule has 0 atom stereocenters. The van der Waals surface area contributed by atoms with E-state index in [4.69, 9.17) is 4.74 Å². The molecule has 0 bridgehead atoms. The molecule has 1 aromatic rings. The fourth-order valence-corrected chi connectivity index (χ4v) is 3.46. The molecule has 7 heteroatoms. The third kappa shape index (κ3) is 4.28. The van der Waals surface area contributed by atoms with Crippen LogP contribution in [0.25, 0.3) is 0 Å². The lowest BCUT2D eigenvalue weighted by atomic mass is 10.3. The van der Waals surface area contributed by atoms with Crippen LogP contribution in [-0.4, -0.2) is 41.1 Å². The summed E-state index contributed by atoms with van der Waals surface area (Å²) in [4.78, 5) is 13.6. The van der Waals surface area contributed by atoms with Crippen LogP contribution < -0.4 is 9.62 Å². The summed E-state index contributed by atoms with van der Waals surface area (Å²) < 4.78 is 31.8. The highest BCUT2D eigenvalue weighted by molar-refractivity contribution is 7.89. The van der Waals surface area contributed by atoms with Crippen LogP contribution in [-0.2, 0) is 19.6 Å². The summed E-state index contributed by atoms with van der Waals surface area (Å²) >= 11 is 0. The molecule has 0 radical (unpaired) electrons. The van der Waals surface area contributed by atoms with E-state index in [1.54, 1.807) is 36.3 Å². The minimum Gasteiger partial charge on any atom is -0.385 e. The molecule has 0 saturated carbocycles. The molecule has 1 N–H and O–H groups in total. The van der Waals surface area contributed by atoms with Crippen molar-refractivity contribution in [1.29, 1.82) is 0 Å². The van der Waals surface area contributed by atoms with Gasteiger partial charge in [-0.05, 0) is 43.5 Å². The van der Waals surface area contributed by atoms with Crippen LogP contribution in [0.15, 0.2) is 29.2 Å². The minimum absolute atomic E-state index is 0.0897. The number of ether oxygens (including phenoxy) is 1. The third-order valence-electron chi connectivity index (χ3n) is 3.60. The summed E-state index contributed by atoms with van der Waals surface area (Å²) in [6.07, 6.45) is 2.95. The van der Waals surface area contributed by atoms with Crippen LogP contribution in [0.1, 0.15) is 25.7 Å². The second-order valence-corrected chi connectivity index (χ2v) is 7.01. The first kappa shape index (κ1) is 16.9. The van der Waals surface area contributed by atoms with E-state index in [1.165, 1.54) is 0 Å². The Morgan fingerprint density at radius 1 is 1.23 bits per heavy atom. The Bertz CT molecular complexity index is 598. The molecule has 1 aliphatic rings. The first-order valence-corrected chi connectivity index (χ1v) is 8.92. The Balaban J connectivity index is 1.95. The predicted octanol–water partition coefficient (Wildman–Crippen LogP) is 1.52. The number of hydrogen-bond donors (Lipinski definition) is 1. The highest BCUT2D eigenvalue weighted by atomic mass is 32.2. The standard InChI is InChI=1S/C15H22N2O4S/c1-21-12-3-2-10-16-22(19,20)14-8-6-13(7-9-14)17-11-4-5-15(17)18/h6-9,16H,2-5,10-12H2,1H3. The van der Waals surface area contributed by atoms with Crippen molar-refractivity contribution in [3.05, 3.63) is 24.3 Å². The molecular formula is C15H22N2O4S. The molecule has 0 spiro atoms. The van der Waals surface area contributed by atoms with Crippen LogP contribution in [0.4, 0.5) is 5.69 Å². The third-order valence-corrected chi connectivity index (χ3v) is 5.08. The van der Waals surface area contributed by atoms with Crippen molar-refractivity contribution in [2.24, 2.45) is 0 Å². The van der Waals surface area contributed by atoms with Gasteiger partial charge in [0.2, 0.25) is 15.9 Å². The number of methoxy groups -OCH3 is 1. The van der Waals surface area contributed by atoms with E-state index in [0.717, 1.165) is 24.9 Å². The monoisotopic (exact) mass is 326 g/mol. The van der Waals surface area contributed by atoms with E-state index in [0.29, 0.717) is 26.1 Å². The summed E-state index contributed by atoms with van der Waals surface area (Å²) in [7, 11) is -1.87. The Morgan fingerprint density at radius 2 is 1.95 bits per heavy atom. The number of sulfonamides is 1. The zero-order valence-corrected chi connectivity index (χ0v) is 13.6. The SMILES string of the molecule is COCCCCNS(=O)(=O)c1ccc(N2CCCC2=O)cc1. The van der Waals surface area contributed by atoms with Crippen molar-refractivity contribution in [2.45, 2.75) is 30.6 Å².